The number of aryl methyl sites for hydroxylation is 3. The summed E-state index contributed by atoms with van der Waals surface area (Å²) in [5, 5.41) is 3.32. The lowest BCUT2D eigenvalue weighted by Crippen LogP contribution is -2.35. The minimum atomic E-state index is -4.27. The van der Waals surface area contributed by atoms with E-state index in [9.17, 15) is 13.0 Å². The zero-order valence-corrected chi connectivity index (χ0v) is 24.2. The number of thioether (sulfide) groups is 1. The zero-order chi connectivity index (χ0) is 27.7. The molecule has 0 spiro atoms. The van der Waals surface area contributed by atoms with Crippen LogP contribution in [0.2, 0.25) is 0 Å². The highest BCUT2D eigenvalue weighted by molar-refractivity contribution is 8.03. The molecule has 4 aromatic rings. The summed E-state index contributed by atoms with van der Waals surface area (Å²) in [5.74, 6) is 0.394. The van der Waals surface area contributed by atoms with Gasteiger partial charge < -0.3 is 20.8 Å². The number of hydrogen-bond donors (Lipinski definition) is 0. The lowest BCUT2D eigenvalue weighted by molar-refractivity contribution is -0.676. The second-order valence-corrected chi connectivity index (χ2v) is 12.5. The van der Waals surface area contributed by atoms with Gasteiger partial charge in [0.05, 0.1) is 32.3 Å². The molecule has 0 fully saturated rings. The van der Waals surface area contributed by atoms with Crippen molar-refractivity contribution in [1.29, 1.82) is 0 Å². The van der Waals surface area contributed by atoms with E-state index in [0.29, 0.717) is 6.54 Å². The SMILES string of the molecule is [CH2-]CC[n+]1c(C=C(C=C2Sc3cc(C)c(C)cc3N2CCCS(=O)(=O)[O-])CC)oc2ccc3ccccc3c21. The number of anilines is 1. The Labute approximate surface area is 234 Å². The fraction of sp³-hybridized carbons (Fsp3) is 0.290. The molecule has 1 aliphatic rings. The predicted molar refractivity (Wildman–Crippen MR) is 159 cm³/mol. The summed E-state index contributed by atoms with van der Waals surface area (Å²) < 4.78 is 42.4. The fourth-order valence-electron chi connectivity index (χ4n) is 5.02. The summed E-state index contributed by atoms with van der Waals surface area (Å²) >= 11 is 1.67. The Bertz CT molecular complexity index is 1720. The van der Waals surface area contributed by atoms with Crippen molar-refractivity contribution in [3.05, 3.63) is 89.2 Å². The topological polar surface area (TPSA) is 77.5 Å². The Balaban J connectivity index is 1.57. The van der Waals surface area contributed by atoms with Crippen molar-refractivity contribution in [1.82, 2.24) is 0 Å². The van der Waals surface area contributed by atoms with Crippen molar-refractivity contribution >= 4 is 55.5 Å². The van der Waals surface area contributed by atoms with Crippen LogP contribution in [-0.2, 0) is 16.7 Å². The summed E-state index contributed by atoms with van der Waals surface area (Å²) in [6, 6.07) is 16.8. The molecule has 1 aliphatic heterocycles. The Hall–Kier alpha value is -3.07. The molecule has 5 rings (SSSR count). The molecular formula is C31H33N2O4S2-. The number of aromatic nitrogens is 1. The number of nitrogens with zero attached hydrogens (tertiary/aromatic N) is 2. The van der Waals surface area contributed by atoms with E-state index in [-0.39, 0.29) is 12.2 Å². The first-order valence-corrected chi connectivity index (χ1v) is 15.6. The molecule has 0 bridgehead atoms. The number of rotatable bonds is 9. The van der Waals surface area contributed by atoms with Crippen molar-refractivity contribution in [3.63, 3.8) is 0 Å². The molecule has 0 amide bonds. The van der Waals surface area contributed by atoms with Gasteiger partial charge in [-0.05, 0) is 79.1 Å². The third-order valence-corrected chi connectivity index (χ3v) is 9.03. The minimum absolute atomic E-state index is 0.265. The molecule has 0 saturated carbocycles. The summed E-state index contributed by atoms with van der Waals surface area (Å²) in [6.45, 7) is 11.6. The monoisotopic (exact) mass is 561 g/mol. The molecule has 2 heterocycles. The number of allylic oxidation sites excluding steroid dienone is 2. The molecular weight excluding hydrogens is 528 g/mol. The number of oxazole rings is 1. The van der Waals surface area contributed by atoms with E-state index in [2.05, 4.69) is 79.6 Å². The lowest BCUT2D eigenvalue weighted by Gasteiger charge is -2.22. The second-order valence-electron chi connectivity index (χ2n) is 9.91. The van der Waals surface area contributed by atoms with E-state index in [4.69, 9.17) is 4.42 Å². The number of benzene rings is 3. The summed E-state index contributed by atoms with van der Waals surface area (Å²) in [6.07, 6.45) is 6.02. The fourth-order valence-corrected chi connectivity index (χ4v) is 6.74. The minimum Gasteiger partial charge on any atom is -0.748 e. The van der Waals surface area contributed by atoms with E-state index in [1.807, 2.05) is 18.2 Å². The molecule has 0 radical (unpaired) electrons. The normalized spacial score (nSPS) is 15.2. The van der Waals surface area contributed by atoms with Gasteiger partial charge in [0.15, 0.2) is 0 Å². The van der Waals surface area contributed by atoms with Crippen LogP contribution in [0.5, 0.6) is 0 Å². The Morgan fingerprint density at radius 1 is 1.15 bits per heavy atom. The first kappa shape index (κ1) is 27.5. The van der Waals surface area contributed by atoms with Crippen molar-refractivity contribution in [2.24, 2.45) is 0 Å². The summed E-state index contributed by atoms with van der Waals surface area (Å²) in [7, 11) is -4.27. The van der Waals surface area contributed by atoms with E-state index in [1.54, 1.807) is 11.8 Å². The molecule has 0 aliphatic carbocycles. The molecule has 8 heteroatoms. The van der Waals surface area contributed by atoms with Crippen LogP contribution < -0.4 is 9.47 Å². The van der Waals surface area contributed by atoms with Crippen LogP contribution in [-0.4, -0.2) is 25.3 Å². The van der Waals surface area contributed by atoms with Crippen molar-refractivity contribution in [2.75, 3.05) is 17.2 Å². The van der Waals surface area contributed by atoms with Crippen LogP contribution in [0.3, 0.4) is 0 Å². The molecule has 204 valence electrons. The zero-order valence-electron chi connectivity index (χ0n) is 22.6. The smallest absolute Gasteiger partial charge is 0.374 e. The van der Waals surface area contributed by atoms with E-state index in [1.165, 1.54) is 16.5 Å². The predicted octanol–water partition coefficient (Wildman–Crippen LogP) is 6.90. The van der Waals surface area contributed by atoms with Gasteiger partial charge in [-0.1, -0.05) is 43.0 Å². The van der Waals surface area contributed by atoms with Crippen LogP contribution in [0.1, 0.15) is 43.2 Å². The van der Waals surface area contributed by atoms with Crippen molar-refractivity contribution < 1.29 is 22.0 Å². The van der Waals surface area contributed by atoms with E-state index < -0.39 is 10.1 Å². The third kappa shape index (κ3) is 5.78. The van der Waals surface area contributed by atoms with Gasteiger partial charge in [0.2, 0.25) is 5.58 Å². The number of hydrogen-bond acceptors (Lipinski definition) is 6. The Kier molecular flexibility index (Phi) is 7.89. The average Bonchev–Trinajstić information content (AvgIpc) is 3.40. The molecule has 0 unspecified atom stereocenters. The van der Waals surface area contributed by atoms with Gasteiger partial charge in [0, 0.05) is 17.2 Å². The summed E-state index contributed by atoms with van der Waals surface area (Å²) in [5.41, 5.74) is 6.43. The first-order chi connectivity index (χ1) is 18.7. The highest BCUT2D eigenvalue weighted by atomic mass is 32.2. The first-order valence-electron chi connectivity index (χ1n) is 13.2. The Morgan fingerprint density at radius 2 is 1.92 bits per heavy atom. The average molecular weight is 562 g/mol. The van der Waals surface area contributed by atoms with Gasteiger partial charge >= 0.3 is 5.89 Å². The number of fused-ring (bicyclic) bond motifs is 4. The second kappa shape index (κ2) is 11.2. The van der Waals surface area contributed by atoms with Gasteiger partial charge in [0.1, 0.15) is 6.54 Å². The van der Waals surface area contributed by atoms with Gasteiger partial charge in [-0.2, -0.15) is 4.57 Å². The summed E-state index contributed by atoms with van der Waals surface area (Å²) in [4.78, 5) is 3.27. The quantitative estimate of drug-likeness (QED) is 0.126. The molecule has 0 atom stereocenters. The highest BCUT2D eigenvalue weighted by Gasteiger charge is 2.27. The standard InChI is InChI=1S/C31H34N2O4S2/c1-5-14-33-29(37-27-13-12-24-10-7-8-11-25(24)31(27)33)19-23(6-2)20-30-32(15-9-16-39(34,35)36)26-17-21(3)22(4)18-28(26)38-30/h7-8,10-13,17-20H,1,5-6,9,14-16H2,2-4H3,(H,34,35,36)/p-1. The maximum atomic E-state index is 11.3. The molecule has 3 aromatic carbocycles. The molecule has 0 saturated heterocycles. The van der Waals surface area contributed by atoms with Crippen LogP contribution in [0, 0.1) is 20.8 Å². The van der Waals surface area contributed by atoms with Crippen LogP contribution >= 0.6 is 11.8 Å². The van der Waals surface area contributed by atoms with Crippen molar-refractivity contribution in [2.45, 2.75) is 51.5 Å². The largest absolute Gasteiger partial charge is 0.748 e. The van der Waals surface area contributed by atoms with Crippen LogP contribution in [0.4, 0.5) is 5.69 Å². The maximum absolute atomic E-state index is 11.3. The molecule has 6 nitrogen and oxygen atoms in total. The Morgan fingerprint density at radius 3 is 2.67 bits per heavy atom. The van der Waals surface area contributed by atoms with E-state index >= 15 is 0 Å². The van der Waals surface area contributed by atoms with Gasteiger partial charge in [0.25, 0.3) is 5.52 Å². The van der Waals surface area contributed by atoms with Gasteiger partial charge in [-0.3, -0.25) is 0 Å². The molecule has 39 heavy (non-hydrogen) atoms. The van der Waals surface area contributed by atoms with E-state index in [0.717, 1.165) is 62.9 Å². The highest BCUT2D eigenvalue weighted by Crippen LogP contribution is 2.47. The van der Waals surface area contributed by atoms with Gasteiger partial charge in [-0.15, -0.1) is 6.42 Å². The van der Waals surface area contributed by atoms with Gasteiger partial charge in [-0.25, -0.2) is 8.42 Å². The lowest BCUT2D eigenvalue weighted by atomic mass is 10.1. The van der Waals surface area contributed by atoms with Crippen LogP contribution in [0.15, 0.2) is 74.5 Å². The maximum Gasteiger partial charge on any atom is 0.374 e. The van der Waals surface area contributed by atoms with Crippen molar-refractivity contribution in [3.8, 4) is 0 Å². The molecule has 0 N–H and O–H groups in total. The van der Waals surface area contributed by atoms with Crippen LogP contribution in [0.25, 0.3) is 27.9 Å². The third-order valence-electron chi connectivity index (χ3n) is 7.14. The molecule has 1 aromatic heterocycles.